The van der Waals surface area contributed by atoms with Crippen LogP contribution in [0, 0.1) is 5.82 Å². The number of nitrogens with zero attached hydrogens (tertiary/aromatic N) is 1. The summed E-state index contributed by atoms with van der Waals surface area (Å²) in [6, 6.07) is 12.8. The molecule has 0 aliphatic heterocycles. The first-order valence-corrected chi connectivity index (χ1v) is 6.73. The highest BCUT2D eigenvalue weighted by atomic mass is 19.1. The molecule has 0 amide bonds. The minimum Gasteiger partial charge on any atom is -0.494 e. The van der Waals surface area contributed by atoms with E-state index in [-0.39, 0.29) is 18.2 Å². The molecule has 1 N–H and O–H groups in total. The molecule has 1 heterocycles. The highest BCUT2D eigenvalue weighted by molar-refractivity contribution is 5.83. The summed E-state index contributed by atoms with van der Waals surface area (Å²) in [5.41, 5.74) is 2.70. The summed E-state index contributed by atoms with van der Waals surface area (Å²) in [4.78, 5) is 0. The monoisotopic (exact) mass is 285 g/mol. The molecule has 0 bridgehead atoms. The third-order valence-corrected chi connectivity index (χ3v) is 3.61. The standard InChI is InChI=1S/C17H16FNO2/c1-21-16-6-5-12(9-15(16)18)10-19-8-7-13-3-2-4-14(11-20)17(13)19/h2-9,20H,10-11H2,1H3. The van der Waals surface area contributed by atoms with Crippen LogP contribution in [0.2, 0.25) is 0 Å². The number of ether oxygens (including phenoxy) is 1. The van der Waals surface area contributed by atoms with Crippen molar-refractivity contribution in [3.63, 3.8) is 0 Å². The summed E-state index contributed by atoms with van der Waals surface area (Å²) >= 11 is 0. The SMILES string of the molecule is COc1ccc(Cn2ccc3cccc(CO)c32)cc1F. The van der Waals surface area contributed by atoms with E-state index in [0.29, 0.717) is 6.54 Å². The van der Waals surface area contributed by atoms with Gasteiger partial charge in [0.15, 0.2) is 11.6 Å². The van der Waals surface area contributed by atoms with Gasteiger partial charge in [-0.15, -0.1) is 0 Å². The molecule has 0 fully saturated rings. The molecule has 0 atom stereocenters. The van der Waals surface area contributed by atoms with Crippen LogP contribution in [0.1, 0.15) is 11.1 Å². The second-order valence-corrected chi connectivity index (χ2v) is 4.93. The van der Waals surface area contributed by atoms with Crippen molar-refractivity contribution in [3.05, 3.63) is 65.6 Å². The van der Waals surface area contributed by atoms with Gasteiger partial charge in [0.25, 0.3) is 0 Å². The Balaban J connectivity index is 2.00. The summed E-state index contributed by atoms with van der Waals surface area (Å²) in [5, 5.41) is 10.5. The van der Waals surface area contributed by atoms with Crippen molar-refractivity contribution in [1.29, 1.82) is 0 Å². The molecule has 0 spiro atoms. The number of aliphatic hydroxyl groups is 1. The normalized spacial score (nSPS) is 11.0. The first kappa shape index (κ1) is 13.6. The highest BCUT2D eigenvalue weighted by Gasteiger charge is 2.08. The summed E-state index contributed by atoms with van der Waals surface area (Å²) in [6.07, 6.45) is 1.95. The molecule has 0 aliphatic carbocycles. The van der Waals surface area contributed by atoms with Gasteiger partial charge in [0.1, 0.15) is 0 Å². The molecule has 108 valence electrons. The lowest BCUT2D eigenvalue weighted by atomic mass is 10.1. The Bertz CT molecular complexity index is 780. The van der Waals surface area contributed by atoms with Crippen molar-refractivity contribution < 1.29 is 14.2 Å². The van der Waals surface area contributed by atoms with Crippen LogP contribution in [-0.2, 0) is 13.2 Å². The fourth-order valence-electron chi connectivity index (χ4n) is 2.61. The lowest BCUT2D eigenvalue weighted by molar-refractivity contribution is 0.283. The fourth-order valence-corrected chi connectivity index (χ4v) is 2.61. The van der Waals surface area contributed by atoms with Crippen molar-refractivity contribution in [2.45, 2.75) is 13.2 Å². The summed E-state index contributed by atoms with van der Waals surface area (Å²) in [5.74, 6) is -0.124. The Morgan fingerprint density at radius 2 is 2.05 bits per heavy atom. The third-order valence-electron chi connectivity index (χ3n) is 3.61. The van der Waals surface area contributed by atoms with Gasteiger partial charge in [0, 0.05) is 18.3 Å². The molecule has 0 saturated heterocycles. The van der Waals surface area contributed by atoms with Gasteiger partial charge in [-0.2, -0.15) is 0 Å². The molecule has 0 radical (unpaired) electrons. The number of halogens is 1. The van der Waals surface area contributed by atoms with E-state index in [9.17, 15) is 9.50 Å². The number of hydrogen-bond donors (Lipinski definition) is 1. The van der Waals surface area contributed by atoms with Gasteiger partial charge in [0.2, 0.25) is 0 Å². The van der Waals surface area contributed by atoms with E-state index in [1.54, 1.807) is 6.07 Å². The molecule has 4 heteroatoms. The minimum atomic E-state index is -0.367. The van der Waals surface area contributed by atoms with Gasteiger partial charge >= 0.3 is 0 Å². The number of hydrogen-bond acceptors (Lipinski definition) is 2. The Kier molecular flexibility index (Phi) is 3.62. The number of aromatic nitrogens is 1. The van der Waals surface area contributed by atoms with Gasteiger partial charge in [-0.3, -0.25) is 0 Å². The second kappa shape index (κ2) is 5.58. The number of aliphatic hydroxyl groups excluding tert-OH is 1. The Hall–Kier alpha value is -2.33. The first-order valence-electron chi connectivity index (χ1n) is 6.73. The Labute approximate surface area is 122 Å². The lowest BCUT2D eigenvalue weighted by Crippen LogP contribution is -2.01. The third kappa shape index (κ3) is 2.50. The Morgan fingerprint density at radius 1 is 1.19 bits per heavy atom. The van der Waals surface area contributed by atoms with Crippen molar-refractivity contribution in [3.8, 4) is 5.75 Å². The van der Waals surface area contributed by atoms with E-state index in [1.807, 2.05) is 41.1 Å². The van der Waals surface area contributed by atoms with Crippen LogP contribution < -0.4 is 4.74 Å². The summed E-state index contributed by atoms with van der Waals surface area (Å²) in [6.45, 7) is 0.528. The van der Waals surface area contributed by atoms with Crippen LogP contribution in [0.15, 0.2) is 48.7 Å². The number of fused-ring (bicyclic) bond motifs is 1. The van der Waals surface area contributed by atoms with Crippen molar-refractivity contribution in [2.75, 3.05) is 7.11 Å². The molecule has 2 aromatic carbocycles. The molecule has 3 aromatic rings. The van der Waals surface area contributed by atoms with Gasteiger partial charge in [-0.25, -0.2) is 4.39 Å². The number of benzene rings is 2. The zero-order chi connectivity index (χ0) is 14.8. The topological polar surface area (TPSA) is 34.4 Å². The first-order chi connectivity index (χ1) is 10.2. The maximum Gasteiger partial charge on any atom is 0.165 e. The van der Waals surface area contributed by atoms with E-state index in [4.69, 9.17) is 4.74 Å². The molecular weight excluding hydrogens is 269 g/mol. The number of methoxy groups -OCH3 is 1. The van der Waals surface area contributed by atoms with E-state index >= 15 is 0 Å². The van der Waals surface area contributed by atoms with E-state index in [0.717, 1.165) is 22.0 Å². The smallest absolute Gasteiger partial charge is 0.165 e. The van der Waals surface area contributed by atoms with Crippen LogP contribution in [0.25, 0.3) is 10.9 Å². The van der Waals surface area contributed by atoms with Crippen molar-refractivity contribution in [1.82, 2.24) is 4.57 Å². The van der Waals surface area contributed by atoms with Crippen LogP contribution in [-0.4, -0.2) is 16.8 Å². The maximum absolute atomic E-state index is 13.8. The van der Waals surface area contributed by atoms with Crippen LogP contribution >= 0.6 is 0 Å². The average molecular weight is 285 g/mol. The number of rotatable bonds is 4. The molecule has 3 nitrogen and oxygen atoms in total. The van der Waals surface area contributed by atoms with Gasteiger partial charge < -0.3 is 14.4 Å². The van der Waals surface area contributed by atoms with Crippen LogP contribution in [0.5, 0.6) is 5.75 Å². The fraction of sp³-hybridized carbons (Fsp3) is 0.176. The molecule has 3 rings (SSSR count). The lowest BCUT2D eigenvalue weighted by Gasteiger charge is -2.10. The van der Waals surface area contributed by atoms with Gasteiger partial charge in [-0.05, 0) is 29.1 Å². The van der Waals surface area contributed by atoms with E-state index < -0.39 is 0 Å². The zero-order valence-corrected chi connectivity index (χ0v) is 11.7. The van der Waals surface area contributed by atoms with Gasteiger partial charge in [-0.1, -0.05) is 24.3 Å². The largest absolute Gasteiger partial charge is 0.494 e. The average Bonchev–Trinajstić information content (AvgIpc) is 2.91. The predicted octanol–water partition coefficient (Wildman–Crippen LogP) is 3.33. The quantitative estimate of drug-likeness (QED) is 0.798. The van der Waals surface area contributed by atoms with Crippen LogP contribution in [0.3, 0.4) is 0 Å². The second-order valence-electron chi connectivity index (χ2n) is 4.93. The van der Waals surface area contributed by atoms with Crippen molar-refractivity contribution >= 4 is 10.9 Å². The molecule has 1 aromatic heterocycles. The van der Waals surface area contributed by atoms with Crippen molar-refractivity contribution in [2.24, 2.45) is 0 Å². The molecule has 0 saturated carbocycles. The molecule has 0 aliphatic rings. The molecule has 0 unspecified atom stereocenters. The number of para-hydroxylation sites is 1. The summed E-state index contributed by atoms with van der Waals surface area (Å²) in [7, 11) is 1.45. The van der Waals surface area contributed by atoms with Gasteiger partial charge in [0.05, 0.1) is 19.2 Å². The zero-order valence-electron chi connectivity index (χ0n) is 11.7. The Morgan fingerprint density at radius 3 is 2.76 bits per heavy atom. The predicted molar refractivity (Wildman–Crippen MR) is 79.9 cm³/mol. The van der Waals surface area contributed by atoms with E-state index in [2.05, 4.69) is 0 Å². The maximum atomic E-state index is 13.8. The van der Waals surface area contributed by atoms with E-state index in [1.165, 1.54) is 13.2 Å². The molecule has 21 heavy (non-hydrogen) atoms. The van der Waals surface area contributed by atoms with Crippen LogP contribution in [0.4, 0.5) is 4.39 Å². The minimum absolute atomic E-state index is 0.0155. The highest BCUT2D eigenvalue weighted by Crippen LogP contribution is 2.23. The molecular formula is C17H16FNO2. The summed E-state index contributed by atoms with van der Waals surface area (Å²) < 4.78 is 20.7.